The number of ether oxygens (including phenoxy) is 3. The maximum Gasteiger partial charge on any atom is 0.472 e. The molecule has 4 N–H and O–H groups in total. The fourth-order valence-corrected chi connectivity index (χ4v) is 15.1. The van der Waals surface area contributed by atoms with Gasteiger partial charge in [-0.25, -0.2) is 9.13 Å². The van der Waals surface area contributed by atoms with Crippen LogP contribution in [0.1, 0.15) is 419 Å². The number of hydrogen-bond acceptors (Lipinski definition) is 14. The van der Waals surface area contributed by atoms with Crippen molar-refractivity contribution in [3.05, 3.63) is 158 Å². The minimum atomic E-state index is -4.94. The standard InChI is InChI=1S/C103H178O16P2/c1-4-7-10-13-16-19-22-25-28-31-33-35-37-39-41-43-45-47-48-50-52-53-55-57-59-61-63-66-68-71-74-77-80-83-86-89-101(106)113-92-98(104)93-115-120(109,110)116-94-99(105)95-117-121(111,112)118-97-100(119-103(108)91-88-85-82-79-76-73-70-65-30-27-24-21-18-15-12-9-6-3)96-114-102(107)90-87-84-81-78-75-72-69-67-64-62-60-58-56-54-51-49-46-44-42-40-38-36-34-32-29-26-23-20-17-14-11-8-5-2/h7-12,16-21,25-30,33-36,39-42,98-100,104-105H,4-6,13-15,22-24,31-32,37-38,43-97H2,1-3H3,(H,109,110)(H,111,112)/b10-7-,11-8-,12-9-,19-16-,20-17-,21-18-,28-25-,29-26-,30-27-,35-33-,36-34-,41-39-,42-40-. The van der Waals surface area contributed by atoms with E-state index in [1.54, 1.807) is 0 Å². The van der Waals surface area contributed by atoms with Gasteiger partial charge in [0.2, 0.25) is 0 Å². The molecule has 0 bridgehead atoms. The summed E-state index contributed by atoms with van der Waals surface area (Å²) in [6.07, 6.45) is 122. The highest BCUT2D eigenvalue weighted by Crippen LogP contribution is 2.45. The Labute approximate surface area is 740 Å². The molecule has 0 aromatic heterocycles. The van der Waals surface area contributed by atoms with Gasteiger partial charge in [0.1, 0.15) is 25.4 Å². The van der Waals surface area contributed by atoms with Crippen molar-refractivity contribution < 1.29 is 75.8 Å². The number of carbonyl (C=O) groups is 3. The Morgan fingerprint density at radius 3 is 0.653 bits per heavy atom. The number of phosphoric acid groups is 2. The largest absolute Gasteiger partial charge is 0.472 e. The second-order valence-electron chi connectivity index (χ2n) is 32.4. The van der Waals surface area contributed by atoms with Crippen molar-refractivity contribution in [1.82, 2.24) is 0 Å². The maximum absolute atomic E-state index is 13.1. The first kappa shape index (κ1) is 116. The fourth-order valence-electron chi connectivity index (χ4n) is 13.5. The molecule has 0 saturated carbocycles. The number of phosphoric ester groups is 2. The molecule has 5 atom stereocenters. The van der Waals surface area contributed by atoms with Crippen LogP contribution in [0.4, 0.5) is 0 Å². The van der Waals surface area contributed by atoms with E-state index in [4.69, 9.17) is 32.3 Å². The average molecular weight is 1730 g/mol. The van der Waals surface area contributed by atoms with Gasteiger partial charge in [-0.3, -0.25) is 32.5 Å². The smallest absolute Gasteiger partial charge is 0.463 e. The Morgan fingerprint density at radius 2 is 0.413 bits per heavy atom. The Balaban J connectivity index is 4.44. The van der Waals surface area contributed by atoms with Crippen LogP contribution in [0.2, 0.25) is 0 Å². The summed E-state index contributed by atoms with van der Waals surface area (Å²) in [5.74, 6) is -1.57. The molecule has 0 aromatic carbocycles. The van der Waals surface area contributed by atoms with E-state index in [9.17, 15) is 43.5 Å². The topological polar surface area (TPSA) is 231 Å². The van der Waals surface area contributed by atoms with Crippen LogP contribution in [0.5, 0.6) is 0 Å². The lowest BCUT2D eigenvalue weighted by atomic mass is 10.0. The summed E-state index contributed by atoms with van der Waals surface area (Å²) in [6, 6.07) is 0. The van der Waals surface area contributed by atoms with Gasteiger partial charge in [-0.05, 0) is 141 Å². The van der Waals surface area contributed by atoms with E-state index >= 15 is 0 Å². The van der Waals surface area contributed by atoms with Crippen molar-refractivity contribution in [3.63, 3.8) is 0 Å². The van der Waals surface area contributed by atoms with E-state index in [1.165, 1.54) is 193 Å². The van der Waals surface area contributed by atoms with Gasteiger partial charge in [0, 0.05) is 19.3 Å². The van der Waals surface area contributed by atoms with Crippen LogP contribution in [-0.4, -0.2) is 95.9 Å². The normalized spacial score (nSPS) is 14.4. The van der Waals surface area contributed by atoms with Crippen molar-refractivity contribution >= 4 is 33.6 Å². The maximum atomic E-state index is 13.1. The molecule has 16 nitrogen and oxygen atoms in total. The second kappa shape index (κ2) is 94.3. The molecule has 0 heterocycles. The Hall–Kier alpha value is -4.83. The molecule has 0 aliphatic heterocycles. The molecule has 0 fully saturated rings. The van der Waals surface area contributed by atoms with Crippen LogP contribution >= 0.6 is 15.6 Å². The minimum absolute atomic E-state index is 0.0927. The highest BCUT2D eigenvalue weighted by molar-refractivity contribution is 7.47. The van der Waals surface area contributed by atoms with Crippen LogP contribution in [0.25, 0.3) is 0 Å². The average Bonchev–Trinajstić information content (AvgIpc) is 0.896. The van der Waals surface area contributed by atoms with Crippen LogP contribution in [0.15, 0.2) is 158 Å². The lowest BCUT2D eigenvalue weighted by Crippen LogP contribution is -2.30. The Bertz CT molecular complexity index is 2830. The monoisotopic (exact) mass is 1730 g/mol. The van der Waals surface area contributed by atoms with Gasteiger partial charge in [-0.1, -0.05) is 416 Å². The van der Waals surface area contributed by atoms with Crippen LogP contribution in [0.3, 0.4) is 0 Å². The van der Waals surface area contributed by atoms with E-state index in [0.717, 1.165) is 167 Å². The predicted molar refractivity (Wildman–Crippen MR) is 509 cm³/mol. The van der Waals surface area contributed by atoms with Gasteiger partial charge < -0.3 is 34.2 Å². The molecule has 696 valence electrons. The lowest BCUT2D eigenvalue weighted by Gasteiger charge is -2.21. The molecule has 0 aliphatic rings. The van der Waals surface area contributed by atoms with Gasteiger partial charge in [-0.2, -0.15) is 0 Å². The second-order valence-corrected chi connectivity index (χ2v) is 35.3. The summed E-state index contributed by atoms with van der Waals surface area (Å²) in [7, 11) is -9.81. The zero-order valence-corrected chi connectivity index (χ0v) is 78.7. The number of aliphatic hydroxyl groups is 2. The van der Waals surface area contributed by atoms with Gasteiger partial charge >= 0.3 is 33.6 Å². The number of aliphatic hydroxyl groups excluding tert-OH is 2. The van der Waals surface area contributed by atoms with E-state index in [-0.39, 0.29) is 19.3 Å². The first-order valence-electron chi connectivity index (χ1n) is 48.8. The summed E-state index contributed by atoms with van der Waals surface area (Å²) in [6.45, 7) is 2.40. The molecular weight excluding hydrogens is 1560 g/mol. The summed E-state index contributed by atoms with van der Waals surface area (Å²) < 4.78 is 61.5. The summed E-state index contributed by atoms with van der Waals surface area (Å²) >= 11 is 0. The molecule has 18 heteroatoms. The van der Waals surface area contributed by atoms with Crippen molar-refractivity contribution in [3.8, 4) is 0 Å². The third-order valence-corrected chi connectivity index (χ3v) is 22.6. The lowest BCUT2D eigenvalue weighted by molar-refractivity contribution is -0.161. The summed E-state index contributed by atoms with van der Waals surface area (Å²) in [4.78, 5) is 59.0. The zero-order chi connectivity index (χ0) is 87.9. The molecule has 0 aromatic rings. The quantitative estimate of drug-likeness (QED) is 0.0146. The van der Waals surface area contributed by atoms with Crippen LogP contribution in [0, 0.1) is 0 Å². The number of carbonyl (C=O) groups excluding carboxylic acids is 3. The number of esters is 3. The fraction of sp³-hybridized carbons (Fsp3) is 0.718. The Morgan fingerprint density at radius 1 is 0.231 bits per heavy atom. The minimum Gasteiger partial charge on any atom is -0.463 e. The number of allylic oxidation sites excluding steroid dienone is 26. The van der Waals surface area contributed by atoms with Gasteiger partial charge in [0.15, 0.2) is 6.10 Å². The van der Waals surface area contributed by atoms with Crippen molar-refractivity contribution in [2.24, 2.45) is 0 Å². The third-order valence-electron chi connectivity index (χ3n) is 20.7. The van der Waals surface area contributed by atoms with Gasteiger partial charge in [-0.15, -0.1) is 0 Å². The van der Waals surface area contributed by atoms with Gasteiger partial charge in [0.05, 0.1) is 26.4 Å². The third kappa shape index (κ3) is 95.7. The number of hydrogen-bond donors (Lipinski definition) is 4. The molecule has 0 radical (unpaired) electrons. The van der Waals surface area contributed by atoms with Crippen molar-refractivity contribution in [1.29, 1.82) is 0 Å². The highest BCUT2D eigenvalue weighted by Gasteiger charge is 2.30. The number of unbranched alkanes of at least 4 members (excludes halogenated alkanes) is 43. The Kier molecular flexibility index (Phi) is 90.5. The molecule has 5 unspecified atom stereocenters. The van der Waals surface area contributed by atoms with Crippen molar-refractivity contribution in [2.45, 2.75) is 437 Å². The molecular formula is C103H178O16P2. The van der Waals surface area contributed by atoms with Crippen molar-refractivity contribution in [2.75, 3.05) is 39.6 Å². The molecule has 0 rings (SSSR count). The van der Waals surface area contributed by atoms with E-state index < -0.39 is 91.5 Å². The first-order chi connectivity index (χ1) is 59.2. The van der Waals surface area contributed by atoms with Gasteiger partial charge in [0.25, 0.3) is 0 Å². The van der Waals surface area contributed by atoms with E-state index in [0.29, 0.717) is 19.3 Å². The highest BCUT2D eigenvalue weighted by atomic mass is 31.2. The molecule has 0 amide bonds. The van der Waals surface area contributed by atoms with Crippen LogP contribution < -0.4 is 0 Å². The molecule has 0 saturated heterocycles. The number of rotatable bonds is 92. The molecule has 0 aliphatic carbocycles. The summed E-state index contributed by atoms with van der Waals surface area (Å²) in [5, 5.41) is 20.8. The molecule has 0 spiro atoms. The molecule has 121 heavy (non-hydrogen) atoms. The zero-order valence-electron chi connectivity index (χ0n) is 76.9. The first-order valence-corrected chi connectivity index (χ1v) is 51.8. The van der Waals surface area contributed by atoms with E-state index in [2.05, 4.69) is 179 Å². The summed E-state index contributed by atoms with van der Waals surface area (Å²) in [5.41, 5.74) is 0. The predicted octanol–water partition coefficient (Wildman–Crippen LogP) is 30.5. The SMILES string of the molecule is CC/C=C\C/C=C\C/C=C\C/C=C\C/C=C\CCCCCCCCCCCCCCCCCCCCCC(=O)OCC(O)COP(=O)(O)OCC(O)COP(=O)(O)OCC(COC(=O)CCCCCCCCCCCCCCCCCCC/C=C\C/C=C\C/C=C\C/C=C\C/C=C\CC)OC(=O)CCCCCCCCC/C=C\C/C=C\C/C=C\CC. The van der Waals surface area contributed by atoms with Crippen LogP contribution in [-0.2, 0) is 55.8 Å². The van der Waals surface area contributed by atoms with E-state index in [1.807, 2.05) is 0 Å².